The first-order valence-electron chi connectivity index (χ1n) is 7.23. The first-order valence-corrected chi connectivity index (χ1v) is 7.23. The predicted octanol–water partition coefficient (Wildman–Crippen LogP) is 1.59. The number of hydrogen-bond donors (Lipinski definition) is 1. The third kappa shape index (κ3) is 3.25. The van der Waals surface area contributed by atoms with E-state index in [0.717, 1.165) is 11.1 Å². The van der Waals surface area contributed by atoms with Crippen molar-refractivity contribution in [2.45, 2.75) is 13.5 Å². The van der Waals surface area contributed by atoms with E-state index in [0.29, 0.717) is 38.0 Å². The molecular weight excluding hydrogens is 284 g/mol. The van der Waals surface area contributed by atoms with Gasteiger partial charge in [-0.1, -0.05) is 29.4 Å². The first kappa shape index (κ1) is 14.5. The lowest BCUT2D eigenvalue weighted by Crippen LogP contribution is -2.45. The maximum Gasteiger partial charge on any atom is 0.317 e. The molecule has 2 heterocycles. The van der Waals surface area contributed by atoms with Gasteiger partial charge in [0, 0.05) is 18.7 Å². The summed E-state index contributed by atoms with van der Waals surface area (Å²) >= 11 is 0. The van der Waals surface area contributed by atoms with Gasteiger partial charge in [0.25, 0.3) is 0 Å². The van der Waals surface area contributed by atoms with E-state index in [-0.39, 0.29) is 12.6 Å². The molecule has 116 valence electrons. The monoisotopic (exact) mass is 302 g/mol. The molecule has 2 amide bonds. The van der Waals surface area contributed by atoms with Gasteiger partial charge in [-0.25, -0.2) is 4.79 Å². The molecule has 0 unspecified atom stereocenters. The lowest BCUT2D eigenvalue weighted by molar-refractivity contribution is 0.0529. The van der Waals surface area contributed by atoms with Crippen LogP contribution in [0.4, 0.5) is 4.79 Å². The van der Waals surface area contributed by atoms with Crippen LogP contribution in [0.2, 0.25) is 0 Å². The molecule has 1 aliphatic rings. The number of amides is 2. The number of morpholine rings is 1. The number of rotatable bonds is 3. The Bertz CT molecular complexity index is 650. The van der Waals surface area contributed by atoms with Crippen LogP contribution in [0, 0.1) is 6.92 Å². The summed E-state index contributed by atoms with van der Waals surface area (Å²) in [5.74, 6) is 0.925. The summed E-state index contributed by atoms with van der Waals surface area (Å²) in [5, 5.41) is 6.75. The molecule has 3 rings (SSSR count). The van der Waals surface area contributed by atoms with Crippen LogP contribution in [0.15, 0.2) is 28.8 Å². The number of carbonyl (C=O) groups excluding carboxylic acids is 1. The van der Waals surface area contributed by atoms with Gasteiger partial charge in [-0.05, 0) is 12.5 Å². The van der Waals surface area contributed by atoms with Gasteiger partial charge < -0.3 is 19.5 Å². The van der Waals surface area contributed by atoms with E-state index in [4.69, 9.17) is 9.26 Å². The highest BCUT2D eigenvalue weighted by Crippen LogP contribution is 2.19. The Kier molecular flexibility index (Phi) is 4.34. The standard InChI is InChI=1S/C15H18N4O3/c1-11-4-2-3-5-12(11)14-17-13(22-18-14)10-16-15(20)19-6-8-21-9-7-19/h2-5H,6-10H2,1H3,(H,16,20). The fourth-order valence-corrected chi connectivity index (χ4v) is 2.29. The summed E-state index contributed by atoms with van der Waals surface area (Å²) in [5.41, 5.74) is 2.00. The van der Waals surface area contributed by atoms with Crippen molar-refractivity contribution in [2.24, 2.45) is 0 Å². The Hall–Kier alpha value is -2.41. The third-order valence-corrected chi connectivity index (χ3v) is 3.54. The van der Waals surface area contributed by atoms with E-state index in [9.17, 15) is 4.79 Å². The Morgan fingerprint density at radius 2 is 2.09 bits per heavy atom. The maximum absolute atomic E-state index is 12.0. The van der Waals surface area contributed by atoms with Gasteiger partial charge in [0.1, 0.15) is 0 Å². The van der Waals surface area contributed by atoms with E-state index >= 15 is 0 Å². The number of ether oxygens (including phenoxy) is 1. The Balaban J connectivity index is 1.60. The van der Waals surface area contributed by atoms with Crippen LogP contribution in [0.25, 0.3) is 11.4 Å². The number of benzene rings is 1. The fraction of sp³-hybridized carbons (Fsp3) is 0.400. The topological polar surface area (TPSA) is 80.5 Å². The molecule has 1 fully saturated rings. The van der Waals surface area contributed by atoms with Gasteiger partial charge in [0.2, 0.25) is 11.7 Å². The lowest BCUT2D eigenvalue weighted by Gasteiger charge is -2.26. The number of aryl methyl sites for hydroxylation is 1. The molecule has 2 aromatic rings. The number of aromatic nitrogens is 2. The molecule has 1 aromatic carbocycles. The average Bonchev–Trinajstić information content (AvgIpc) is 3.02. The minimum absolute atomic E-state index is 0.140. The average molecular weight is 302 g/mol. The van der Waals surface area contributed by atoms with Gasteiger partial charge in [0.05, 0.1) is 19.8 Å². The van der Waals surface area contributed by atoms with Crippen molar-refractivity contribution in [3.05, 3.63) is 35.7 Å². The molecule has 0 radical (unpaired) electrons. The largest absolute Gasteiger partial charge is 0.378 e. The highest BCUT2D eigenvalue weighted by atomic mass is 16.5. The van der Waals surface area contributed by atoms with Gasteiger partial charge in [-0.3, -0.25) is 0 Å². The summed E-state index contributed by atoms with van der Waals surface area (Å²) in [7, 11) is 0. The second-order valence-electron chi connectivity index (χ2n) is 5.08. The number of carbonyl (C=O) groups is 1. The normalized spacial score (nSPS) is 14.9. The van der Waals surface area contributed by atoms with Crippen molar-refractivity contribution in [3.8, 4) is 11.4 Å². The molecule has 0 aliphatic carbocycles. The highest BCUT2D eigenvalue weighted by Gasteiger charge is 2.17. The van der Waals surface area contributed by atoms with E-state index in [1.54, 1.807) is 4.90 Å². The van der Waals surface area contributed by atoms with Crippen molar-refractivity contribution < 1.29 is 14.1 Å². The van der Waals surface area contributed by atoms with E-state index in [1.807, 2.05) is 31.2 Å². The zero-order valence-corrected chi connectivity index (χ0v) is 12.4. The highest BCUT2D eigenvalue weighted by molar-refractivity contribution is 5.74. The quantitative estimate of drug-likeness (QED) is 0.931. The van der Waals surface area contributed by atoms with Crippen LogP contribution in [0.5, 0.6) is 0 Å². The number of nitrogens with zero attached hydrogens (tertiary/aromatic N) is 3. The second-order valence-corrected chi connectivity index (χ2v) is 5.08. The van der Waals surface area contributed by atoms with Crippen molar-refractivity contribution in [2.75, 3.05) is 26.3 Å². The molecular formula is C15H18N4O3. The molecule has 1 aliphatic heterocycles. The minimum Gasteiger partial charge on any atom is -0.378 e. The molecule has 1 aromatic heterocycles. The smallest absolute Gasteiger partial charge is 0.317 e. The molecule has 1 N–H and O–H groups in total. The summed E-state index contributed by atoms with van der Waals surface area (Å²) in [4.78, 5) is 18.0. The molecule has 1 saturated heterocycles. The molecule has 7 heteroatoms. The number of nitrogens with one attached hydrogen (secondary N) is 1. The van der Waals surface area contributed by atoms with Crippen LogP contribution in [-0.4, -0.2) is 47.4 Å². The van der Waals surface area contributed by atoms with E-state index in [2.05, 4.69) is 15.5 Å². The van der Waals surface area contributed by atoms with Gasteiger partial charge in [0.15, 0.2) is 0 Å². The zero-order chi connectivity index (χ0) is 15.4. The van der Waals surface area contributed by atoms with Crippen molar-refractivity contribution in [3.63, 3.8) is 0 Å². The summed E-state index contributed by atoms with van der Waals surface area (Å²) in [6, 6.07) is 7.68. The van der Waals surface area contributed by atoms with E-state index in [1.165, 1.54) is 0 Å². The molecule has 7 nitrogen and oxygen atoms in total. The van der Waals surface area contributed by atoms with Gasteiger partial charge in [-0.15, -0.1) is 0 Å². The summed E-state index contributed by atoms with van der Waals surface area (Å²) in [6.45, 7) is 4.56. The number of hydrogen-bond acceptors (Lipinski definition) is 5. The zero-order valence-electron chi connectivity index (χ0n) is 12.4. The summed E-state index contributed by atoms with van der Waals surface area (Å²) in [6.07, 6.45) is 0. The van der Waals surface area contributed by atoms with Crippen LogP contribution in [0.3, 0.4) is 0 Å². The van der Waals surface area contributed by atoms with E-state index < -0.39 is 0 Å². The Labute approximate surface area is 128 Å². The lowest BCUT2D eigenvalue weighted by atomic mass is 10.1. The van der Waals surface area contributed by atoms with Crippen LogP contribution < -0.4 is 5.32 Å². The fourth-order valence-electron chi connectivity index (χ4n) is 2.29. The molecule has 0 atom stereocenters. The number of urea groups is 1. The SMILES string of the molecule is Cc1ccccc1-c1noc(CNC(=O)N2CCOCC2)n1. The third-order valence-electron chi connectivity index (χ3n) is 3.54. The van der Waals surface area contributed by atoms with Crippen molar-refractivity contribution in [1.29, 1.82) is 0 Å². The van der Waals surface area contributed by atoms with Crippen LogP contribution >= 0.6 is 0 Å². The summed E-state index contributed by atoms with van der Waals surface area (Å²) < 4.78 is 10.4. The predicted molar refractivity (Wildman–Crippen MR) is 79.1 cm³/mol. The molecule has 0 bridgehead atoms. The second kappa shape index (κ2) is 6.57. The molecule has 0 spiro atoms. The van der Waals surface area contributed by atoms with Crippen LogP contribution in [0.1, 0.15) is 11.5 Å². The first-order chi connectivity index (χ1) is 10.7. The Morgan fingerprint density at radius 1 is 1.32 bits per heavy atom. The van der Waals surface area contributed by atoms with Crippen molar-refractivity contribution >= 4 is 6.03 Å². The molecule has 0 saturated carbocycles. The van der Waals surface area contributed by atoms with Crippen molar-refractivity contribution in [1.82, 2.24) is 20.4 Å². The van der Waals surface area contributed by atoms with Crippen LogP contribution in [-0.2, 0) is 11.3 Å². The van der Waals surface area contributed by atoms with Gasteiger partial charge in [-0.2, -0.15) is 4.98 Å². The minimum atomic E-state index is -0.140. The maximum atomic E-state index is 12.0. The molecule has 22 heavy (non-hydrogen) atoms. The van der Waals surface area contributed by atoms with Gasteiger partial charge >= 0.3 is 6.03 Å². The Morgan fingerprint density at radius 3 is 2.86 bits per heavy atom.